The summed E-state index contributed by atoms with van der Waals surface area (Å²) >= 11 is 0. The van der Waals surface area contributed by atoms with Gasteiger partial charge in [0.2, 0.25) is 5.91 Å². The Kier molecular flexibility index (Phi) is 5.44. The SMILES string of the molecule is COc1cccc(CC(CN)C(=O)N2CCCC2)c1OC. The Morgan fingerprint density at radius 1 is 1.29 bits per heavy atom. The van der Waals surface area contributed by atoms with Gasteiger partial charge < -0.3 is 20.1 Å². The lowest BCUT2D eigenvalue weighted by Crippen LogP contribution is -2.38. The number of benzene rings is 1. The van der Waals surface area contributed by atoms with Gasteiger partial charge in [0, 0.05) is 19.6 Å². The number of carbonyl (C=O) groups is 1. The van der Waals surface area contributed by atoms with Crippen molar-refractivity contribution in [3.05, 3.63) is 23.8 Å². The molecule has 1 aromatic carbocycles. The fraction of sp³-hybridized carbons (Fsp3) is 0.562. The van der Waals surface area contributed by atoms with E-state index in [1.54, 1.807) is 14.2 Å². The Labute approximate surface area is 126 Å². The molecule has 116 valence electrons. The molecule has 1 atom stereocenters. The normalized spacial score (nSPS) is 15.9. The van der Waals surface area contributed by atoms with E-state index in [-0.39, 0.29) is 11.8 Å². The van der Waals surface area contributed by atoms with Gasteiger partial charge in [0.25, 0.3) is 0 Å². The summed E-state index contributed by atoms with van der Waals surface area (Å²) in [5.41, 5.74) is 6.79. The van der Waals surface area contributed by atoms with Crippen molar-refractivity contribution in [1.29, 1.82) is 0 Å². The second-order valence-electron chi connectivity index (χ2n) is 5.32. The number of nitrogens with two attached hydrogens (primary N) is 1. The summed E-state index contributed by atoms with van der Waals surface area (Å²) in [7, 11) is 3.22. The lowest BCUT2D eigenvalue weighted by atomic mass is 9.97. The van der Waals surface area contributed by atoms with Gasteiger partial charge in [-0.2, -0.15) is 0 Å². The van der Waals surface area contributed by atoms with Gasteiger partial charge in [0.1, 0.15) is 0 Å². The maximum absolute atomic E-state index is 12.5. The number of likely N-dealkylation sites (tertiary alicyclic amines) is 1. The van der Waals surface area contributed by atoms with E-state index in [0.29, 0.717) is 24.5 Å². The van der Waals surface area contributed by atoms with E-state index in [1.807, 2.05) is 23.1 Å². The molecule has 0 bridgehead atoms. The number of para-hydroxylation sites is 1. The van der Waals surface area contributed by atoms with Crippen LogP contribution < -0.4 is 15.2 Å². The van der Waals surface area contributed by atoms with Crippen molar-refractivity contribution in [3.8, 4) is 11.5 Å². The zero-order valence-electron chi connectivity index (χ0n) is 12.8. The molecule has 0 saturated carbocycles. The molecule has 2 N–H and O–H groups in total. The Morgan fingerprint density at radius 3 is 2.57 bits per heavy atom. The van der Waals surface area contributed by atoms with Crippen LogP contribution in [0.25, 0.3) is 0 Å². The van der Waals surface area contributed by atoms with Crippen LogP contribution >= 0.6 is 0 Å². The van der Waals surface area contributed by atoms with Crippen molar-refractivity contribution in [2.24, 2.45) is 11.7 Å². The highest BCUT2D eigenvalue weighted by Gasteiger charge is 2.26. The number of hydrogen-bond donors (Lipinski definition) is 1. The molecule has 1 unspecified atom stereocenters. The molecule has 2 rings (SSSR count). The summed E-state index contributed by atoms with van der Waals surface area (Å²) in [4.78, 5) is 14.4. The molecule has 1 aromatic rings. The van der Waals surface area contributed by atoms with Crippen molar-refractivity contribution in [3.63, 3.8) is 0 Å². The van der Waals surface area contributed by atoms with Gasteiger partial charge in [-0.15, -0.1) is 0 Å². The van der Waals surface area contributed by atoms with Crippen LogP contribution in [-0.2, 0) is 11.2 Å². The summed E-state index contributed by atoms with van der Waals surface area (Å²) in [6.45, 7) is 2.05. The number of nitrogens with zero attached hydrogens (tertiary/aromatic N) is 1. The van der Waals surface area contributed by atoms with Gasteiger partial charge in [-0.05, 0) is 30.9 Å². The monoisotopic (exact) mass is 292 g/mol. The van der Waals surface area contributed by atoms with Gasteiger partial charge in [0.05, 0.1) is 20.1 Å². The van der Waals surface area contributed by atoms with Gasteiger partial charge in [0.15, 0.2) is 11.5 Å². The van der Waals surface area contributed by atoms with Crippen LogP contribution in [0.4, 0.5) is 0 Å². The summed E-state index contributed by atoms with van der Waals surface area (Å²) in [5, 5.41) is 0. The lowest BCUT2D eigenvalue weighted by Gasteiger charge is -2.23. The largest absolute Gasteiger partial charge is 0.493 e. The maximum atomic E-state index is 12.5. The molecule has 0 aliphatic carbocycles. The molecule has 1 saturated heterocycles. The Balaban J connectivity index is 2.16. The highest BCUT2D eigenvalue weighted by atomic mass is 16.5. The average molecular weight is 292 g/mol. The van der Waals surface area contributed by atoms with Crippen LogP contribution in [0.1, 0.15) is 18.4 Å². The third kappa shape index (κ3) is 3.47. The van der Waals surface area contributed by atoms with Crippen LogP contribution in [0.15, 0.2) is 18.2 Å². The molecule has 0 spiro atoms. The molecule has 5 nitrogen and oxygen atoms in total. The van der Waals surface area contributed by atoms with Gasteiger partial charge in [-0.3, -0.25) is 4.79 Å². The smallest absolute Gasteiger partial charge is 0.227 e. The maximum Gasteiger partial charge on any atom is 0.227 e. The van der Waals surface area contributed by atoms with Crippen LogP contribution in [0, 0.1) is 5.92 Å². The van der Waals surface area contributed by atoms with Gasteiger partial charge >= 0.3 is 0 Å². The van der Waals surface area contributed by atoms with Gasteiger partial charge in [-0.25, -0.2) is 0 Å². The lowest BCUT2D eigenvalue weighted by molar-refractivity contribution is -0.134. The fourth-order valence-electron chi connectivity index (χ4n) is 2.85. The molecule has 1 fully saturated rings. The van der Waals surface area contributed by atoms with E-state index in [0.717, 1.165) is 31.5 Å². The Bertz CT molecular complexity index is 484. The van der Waals surface area contributed by atoms with E-state index in [1.165, 1.54) is 0 Å². The predicted molar refractivity (Wildman–Crippen MR) is 81.6 cm³/mol. The minimum absolute atomic E-state index is 0.153. The zero-order valence-corrected chi connectivity index (χ0v) is 12.8. The molecular weight excluding hydrogens is 268 g/mol. The van der Waals surface area contributed by atoms with E-state index >= 15 is 0 Å². The summed E-state index contributed by atoms with van der Waals surface area (Å²) in [6.07, 6.45) is 2.75. The number of rotatable bonds is 6. The zero-order chi connectivity index (χ0) is 15.2. The topological polar surface area (TPSA) is 64.8 Å². The first kappa shape index (κ1) is 15.6. The number of ether oxygens (including phenoxy) is 2. The van der Waals surface area contributed by atoms with E-state index in [4.69, 9.17) is 15.2 Å². The predicted octanol–water partition coefficient (Wildman–Crippen LogP) is 1.44. The molecule has 1 heterocycles. The average Bonchev–Trinajstić information content (AvgIpc) is 3.05. The van der Waals surface area contributed by atoms with Crippen molar-refractivity contribution in [2.45, 2.75) is 19.3 Å². The highest BCUT2D eigenvalue weighted by molar-refractivity contribution is 5.79. The first-order valence-corrected chi connectivity index (χ1v) is 7.40. The molecule has 0 radical (unpaired) electrons. The van der Waals surface area contributed by atoms with Crippen LogP contribution in [0.5, 0.6) is 11.5 Å². The van der Waals surface area contributed by atoms with Crippen molar-refractivity contribution < 1.29 is 14.3 Å². The number of methoxy groups -OCH3 is 2. The summed E-state index contributed by atoms with van der Waals surface area (Å²) < 4.78 is 10.7. The standard InChI is InChI=1S/C16H24N2O3/c1-20-14-7-5-6-12(15(14)21-2)10-13(11-17)16(19)18-8-3-4-9-18/h5-7,13H,3-4,8-11,17H2,1-2H3. The van der Waals surface area contributed by atoms with Crippen LogP contribution in [-0.4, -0.2) is 44.7 Å². The second-order valence-corrected chi connectivity index (χ2v) is 5.32. The molecule has 1 amide bonds. The molecule has 1 aliphatic heterocycles. The molecule has 1 aliphatic rings. The van der Waals surface area contributed by atoms with Crippen molar-refractivity contribution >= 4 is 5.91 Å². The Hall–Kier alpha value is -1.75. The minimum Gasteiger partial charge on any atom is -0.493 e. The van der Waals surface area contributed by atoms with Crippen molar-refractivity contribution in [2.75, 3.05) is 33.9 Å². The second kappa shape index (κ2) is 7.31. The molecule has 0 aromatic heterocycles. The summed E-state index contributed by atoms with van der Waals surface area (Å²) in [6, 6.07) is 5.72. The van der Waals surface area contributed by atoms with Crippen LogP contribution in [0.2, 0.25) is 0 Å². The van der Waals surface area contributed by atoms with Crippen LogP contribution in [0.3, 0.4) is 0 Å². The van der Waals surface area contributed by atoms with E-state index < -0.39 is 0 Å². The number of hydrogen-bond acceptors (Lipinski definition) is 4. The quantitative estimate of drug-likeness (QED) is 0.862. The minimum atomic E-state index is -0.205. The van der Waals surface area contributed by atoms with E-state index in [2.05, 4.69) is 0 Å². The van der Waals surface area contributed by atoms with Crippen molar-refractivity contribution in [1.82, 2.24) is 4.90 Å². The third-order valence-corrected chi connectivity index (χ3v) is 4.00. The third-order valence-electron chi connectivity index (χ3n) is 4.00. The first-order valence-electron chi connectivity index (χ1n) is 7.40. The molecule has 5 heteroatoms. The molecular formula is C16H24N2O3. The number of amides is 1. The first-order chi connectivity index (χ1) is 10.2. The Morgan fingerprint density at radius 2 is 2.00 bits per heavy atom. The number of carbonyl (C=O) groups excluding carboxylic acids is 1. The highest BCUT2D eigenvalue weighted by Crippen LogP contribution is 2.32. The van der Waals surface area contributed by atoms with Gasteiger partial charge in [-0.1, -0.05) is 12.1 Å². The fourth-order valence-corrected chi connectivity index (χ4v) is 2.85. The molecule has 21 heavy (non-hydrogen) atoms. The van der Waals surface area contributed by atoms with E-state index in [9.17, 15) is 4.79 Å². The summed E-state index contributed by atoms with van der Waals surface area (Å²) in [5.74, 6) is 1.32.